The molecule has 1 fully saturated rings. The van der Waals surface area contributed by atoms with Gasteiger partial charge in [0.1, 0.15) is 12.2 Å². The molecule has 3 aromatic rings. The van der Waals surface area contributed by atoms with E-state index in [1.807, 2.05) is 12.1 Å². The number of aromatic nitrogens is 3. The second-order valence-corrected chi connectivity index (χ2v) is 8.56. The Morgan fingerprint density at radius 3 is 2.94 bits per heavy atom. The van der Waals surface area contributed by atoms with Crippen LogP contribution >= 0.6 is 0 Å². The normalized spacial score (nSPS) is 17.0. The van der Waals surface area contributed by atoms with E-state index in [0.29, 0.717) is 35.9 Å². The van der Waals surface area contributed by atoms with Crippen molar-refractivity contribution < 1.29 is 19.0 Å². The zero-order chi connectivity index (χ0) is 23.6. The monoisotopic (exact) mass is 452 g/mol. The van der Waals surface area contributed by atoms with Gasteiger partial charge in [0.15, 0.2) is 0 Å². The van der Waals surface area contributed by atoms with Crippen molar-refractivity contribution in [2.24, 2.45) is 0 Å². The predicted octanol–water partition coefficient (Wildman–Crippen LogP) is 2.31. The highest BCUT2D eigenvalue weighted by atomic mass is 19.1. The average Bonchev–Trinajstić information content (AvgIpc) is 3.45. The van der Waals surface area contributed by atoms with Crippen LogP contribution in [-0.4, -0.2) is 63.2 Å². The Bertz CT molecular complexity index is 1210. The van der Waals surface area contributed by atoms with Gasteiger partial charge in [-0.15, -0.1) is 0 Å². The third kappa shape index (κ3) is 4.94. The topological polar surface area (TPSA) is 125 Å². The van der Waals surface area contributed by atoms with Crippen LogP contribution in [-0.2, 0) is 4.74 Å². The van der Waals surface area contributed by atoms with Crippen LogP contribution in [0.25, 0.3) is 16.9 Å². The highest BCUT2D eigenvalue weighted by Crippen LogP contribution is 2.27. The largest absolute Gasteiger partial charge is 0.387 e. The Morgan fingerprint density at radius 2 is 2.24 bits per heavy atom. The first-order valence-electron chi connectivity index (χ1n) is 10.6. The van der Waals surface area contributed by atoms with Crippen LogP contribution in [0.4, 0.5) is 10.1 Å². The van der Waals surface area contributed by atoms with Crippen LogP contribution in [0.5, 0.6) is 0 Å². The molecule has 1 unspecified atom stereocenters. The molecule has 3 aromatic heterocycles. The van der Waals surface area contributed by atoms with E-state index in [1.54, 1.807) is 16.6 Å². The molecule has 3 N–H and O–H groups in total. The summed E-state index contributed by atoms with van der Waals surface area (Å²) in [6, 6.07) is 9.24. The van der Waals surface area contributed by atoms with Crippen molar-refractivity contribution in [1.82, 2.24) is 19.9 Å². The molecule has 0 aromatic carbocycles. The van der Waals surface area contributed by atoms with Gasteiger partial charge in [-0.1, -0.05) is 0 Å². The smallest absolute Gasteiger partial charge is 0.255 e. The number of amides is 1. The van der Waals surface area contributed by atoms with Gasteiger partial charge in [0, 0.05) is 12.8 Å². The molecule has 0 aliphatic carbocycles. The summed E-state index contributed by atoms with van der Waals surface area (Å²) in [6.07, 6.45) is 2.08. The first-order valence-corrected chi connectivity index (χ1v) is 10.6. The number of anilines is 1. The van der Waals surface area contributed by atoms with Crippen molar-refractivity contribution in [2.75, 3.05) is 25.1 Å². The van der Waals surface area contributed by atoms with Crippen molar-refractivity contribution in [3.05, 3.63) is 47.8 Å². The summed E-state index contributed by atoms with van der Waals surface area (Å²) >= 11 is 0. The Balaban J connectivity index is 1.65. The van der Waals surface area contributed by atoms with Crippen molar-refractivity contribution >= 4 is 17.1 Å². The molecule has 0 saturated carbocycles. The summed E-state index contributed by atoms with van der Waals surface area (Å²) in [7, 11) is 0. The molecular weight excluding hydrogens is 427 g/mol. The molecule has 0 spiro atoms. The van der Waals surface area contributed by atoms with E-state index >= 15 is 0 Å². The van der Waals surface area contributed by atoms with E-state index in [1.165, 1.54) is 26.2 Å². The number of nitriles is 1. The molecule has 2 atom stereocenters. The number of rotatable bonds is 7. The fraction of sp³-hybridized carbons (Fsp3) is 0.391. The molecule has 1 aliphatic rings. The van der Waals surface area contributed by atoms with E-state index in [4.69, 9.17) is 10.00 Å². The van der Waals surface area contributed by atoms with Crippen molar-refractivity contribution in [3.63, 3.8) is 0 Å². The van der Waals surface area contributed by atoms with Gasteiger partial charge < -0.3 is 20.5 Å². The SMILES string of the molecule is CC(C)(O)C(F)CNC(=O)c1cnc(-c2ccc3cc(C#N)cnn23)cc1N[C@H]1CCOC1. The molecule has 0 radical (unpaired) electrons. The molecule has 1 saturated heterocycles. The van der Waals surface area contributed by atoms with Gasteiger partial charge in [0.05, 0.1) is 64.7 Å². The van der Waals surface area contributed by atoms with Gasteiger partial charge in [-0.25, -0.2) is 8.91 Å². The van der Waals surface area contributed by atoms with Gasteiger partial charge in [-0.2, -0.15) is 10.4 Å². The number of carbonyl (C=O) groups excluding carboxylic acids is 1. The standard InChI is InChI=1S/C23H25FN6O3/c1-23(2,32)21(24)12-27-22(31)17-11-26-19(8-18(17)29-15-5-6-33-13-15)20-4-3-16-7-14(9-25)10-28-30(16)20/h3-4,7-8,10-11,15,21,32H,5-6,12-13H2,1-2H3,(H,26,29)(H,27,31)/t15-,21?/m0/s1. The molecule has 9 nitrogen and oxygen atoms in total. The minimum absolute atomic E-state index is 0.0254. The fourth-order valence-electron chi connectivity index (χ4n) is 3.55. The first-order chi connectivity index (χ1) is 15.8. The molecular formula is C23H25FN6O3. The number of hydrogen-bond acceptors (Lipinski definition) is 7. The number of aliphatic hydroxyl groups is 1. The number of hydrogen-bond donors (Lipinski definition) is 3. The lowest BCUT2D eigenvalue weighted by Gasteiger charge is -2.23. The Labute approximate surface area is 190 Å². The number of fused-ring (bicyclic) bond motifs is 1. The van der Waals surface area contributed by atoms with Crippen molar-refractivity contribution in [3.8, 4) is 17.5 Å². The van der Waals surface area contributed by atoms with E-state index in [0.717, 1.165) is 11.9 Å². The van der Waals surface area contributed by atoms with Crippen LogP contribution in [0.1, 0.15) is 36.2 Å². The van der Waals surface area contributed by atoms with Crippen LogP contribution < -0.4 is 10.6 Å². The lowest BCUT2D eigenvalue weighted by atomic mass is 10.0. The summed E-state index contributed by atoms with van der Waals surface area (Å²) in [5, 5.41) is 29.1. The quantitative estimate of drug-likeness (QED) is 0.502. The Hall–Kier alpha value is -3.55. The zero-order valence-corrected chi connectivity index (χ0v) is 18.4. The highest BCUT2D eigenvalue weighted by Gasteiger charge is 2.28. The molecule has 0 bridgehead atoms. The van der Waals surface area contributed by atoms with E-state index < -0.39 is 17.7 Å². The fourth-order valence-corrected chi connectivity index (χ4v) is 3.55. The Kier molecular flexibility index (Phi) is 6.26. The summed E-state index contributed by atoms with van der Waals surface area (Å²) in [6.45, 7) is 3.51. The Morgan fingerprint density at radius 1 is 1.42 bits per heavy atom. The van der Waals surface area contributed by atoms with Crippen LogP contribution in [0.2, 0.25) is 0 Å². The van der Waals surface area contributed by atoms with E-state index in [-0.39, 0.29) is 18.2 Å². The third-order valence-corrected chi connectivity index (χ3v) is 5.54. The molecule has 172 valence electrons. The number of ether oxygens (including phenoxy) is 1. The van der Waals surface area contributed by atoms with Gasteiger partial charge >= 0.3 is 0 Å². The summed E-state index contributed by atoms with van der Waals surface area (Å²) < 4.78 is 21.2. The average molecular weight is 452 g/mol. The summed E-state index contributed by atoms with van der Waals surface area (Å²) in [4.78, 5) is 17.3. The molecule has 1 aliphatic heterocycles. The summed E-state index contributed by atoms with van der Waals surface area (Å²) in [5.74, 6) is -0.501. The lowest BCUT2D eigenvalue weighted by Crippen LogP contribution is -2.42. The van der Waals surface area contributed by atoms with Crippen LogP contribution in [0.3, 0.4) is 0 Å². The van der Waals surface area contributed by atoms with E-state index in [2.05, 4.69) is 26.8 Å². The molecule has 1 amide bonds. The molecule has 10 heteroatoms. The van der Waals surface area contributed by atoms with Gasteiger partial charge in [-0.05, 0) is 44.5 Å². The third-order valence-electron chi connectivity index (χ3n) is 5.54. The second kappa shape index (κ2) is 9.13. The van der Waals surface area contributed by atoms with Gasteiger partial charge in [-0.3, -0.25) is 9.78 Å². The minimum Gasteiger partial charge on any atom is -0.387 e. The lowest BCUT2D eigenvalue weighted by molar-refractivity contribution is -0.00177. The maximum absolute atomic E-state index is 14.1. The number of carbonyl (C=O) groups is 1. The van der Waals surface area contributed by atoms with Gasteiger partial charge in [0.25, 0.3) is 5.91 Å². The van der Waals surface area contributed by atoms with Crippen LogP contribution in [0.15, 0.2) is 36.7 Å². The molecule has 33 heavy (non-hydrogen) atoms. The summed E-state index contributed by atoms with van der Waals surface area (Å²) in [5.41, 5.74) is 1.69. The van der Waals surface area contributed by atoms with Crippen molar-refractivity contribution in [2.45, 2.75) is 38.1 Å². The number of pyridine rings is 1. The van der Waals surface area contributed by atoms with Crippen molar-refractivity contribution in [1.29, 1.82) is 5.26 Å². The maximum atomic E-state index is 14.1. The number of nitrogens with one attached hydrogen (secondary N) is 2. The minimum atomic E-state index is -1.62. The number of nitrogens with zero attached hydrogens (tertiary/aromatic N) is 4. The number of halogens is 1. The molecule has 4 rings (SSSR count). The van der Waals surface area contributed by atoms with Crippen LogP contribution in [0, 0.1) is 11.3 Å². The predicted molar refractivity (Wildman–Crippen MR) is 120 cm³/mol. The number of alkyl halides is 1. The van der Waals surface area contributed by atoms with E-state index in [9.17, 15) is 14.3 Å². The highest BCUT2D eigenvalue weighted by molar-refractivity contribution is 6.00. The zero-order valence-electron chi connectivity index (χ0n) is 18.4. The van der Waals surface area contributed by atoms with Gasteiger partial charge in [0.2, 0.25) is 0 Å². The second-order valence-electron chi connectivity index (χ2n) is 8.56. The molecule has 4 heterocycles. The first kappa shape index (κ1) is 22.6. The maximum Gasteiger partial charge on any atom is 0.255 e.